The van der Waals surface area contributed by atoms with Crippen molar-refractivity contribution >= 4 is 8.60 Å². The Balaban J connectivity index is 3.04. The lowest BCUT2D eigenvalue weighted by atomic mass is 9.81. The van der Waals surface area contributed by atoms with Crippen LogP contribution in [-0.2, 0) is 4.62 Å². The molecule has 0 bridgehead atoms. The highest BCUT2D eigenvalue weighted by atomic mass is 31.2. The van der Waals surface area contributed by atoms with Crippen LogP contribution in [0.3, 0.4) is 0 Å². The maximum Gasteiger partial charge on any atom is 0.391 e. The lowest BCUT2D eigenvalue weighted by Crippen LogP contribution is -2.70. The summed E-state index contributed by atoms with van der Waals surface area (Å²) in [6.07, 6.45) is 2.57. The number of hydrogen-bond donors (Lipinski definition) is 3. The van der Waals surface area contributed by atoms with Crippen molar-refractivity contribution in [3.8, 4) is 0 Å². The summed E-state index contributed by atoms with van der Waals surface area (Å²) >= 11 is 0. The first kappa shape index (κ1) is 13.3. The maximum absolute atomic E-state index is 10.5. The van der Waals surface area contributed by atoms with Gasteiger partial charge in [-0.2, -0.15) is 5.21 Å². The molecule has 0 spiro atoms. The van der Waals surface area contributed by atoms with Crippen molar-refractivity contribution in [2.45, 2.75) is 58.0 Å². The summed E-state index contributed by atoms with van der Waals surface area (Å²) in [5.41, 5.74) is -1.07. The number of hydroxylamine groups is 4. The minimum atomic E-state index is -2.57. The van der Waals surface area contributed by atoms with Crippen LogP contribution in [0.1, 0.15) is 47.0 Å². The number of quaternary nitrogens is 1. The van der Waals surface area contributed by atoms with E-state index in [0.29, 0.717) is 0 Å². The van der Waals surface area contributed by atoms with E-state index in [-0.39, 0.29) is 0 Å². The lowest BCUT2D eigenvalue weighted by molar-refractivity contribution is -1.29. The molecule has 1 aliphatic heterocycles. The fourth-order valence-corrected chi connectivity index (χ4v) is 3.06. The van der Waals surface area contributed by atoms with Gasteiger partial charge in [0.15, 0.2) is 11.1 Å². The zero-order valence-electron chi connectivity index (χ0n) is 9.77. The molecule has 0 aromatic heterocycles. The second kappa shape index (κ2) is 3.91. The molecule has 1 rings (SSSR count). The molecule has 0 aliphatic carbocycles. The molecule has 0 unspecified atom stereocenters. The number of nitrogens with zero attached hydrogens (tertiary/aromatic N) is 1. The van der Waals surface area contributed by atoms with Crippen LogP contribution < -0.4 is 0 Å². The summed E-state index contributed by atoms with van der Waals surface area (Å²) in [6.45, 7) is 7.47. The van der Waals surface area contributed by atoms with Crippen molar-refractivity contribution in [2.24, 2.45) is 0 Å². The van der Waals surface area contributed by atoms with Crippen molar-refractivity contribution < 1.29 is 24.4 Å². The van der Waals surface area contributed by atoms with Gasteiger partial charge < -0.3 is 9.79 Å². The quantitative estimate of drug-likeness (QED) is 0.509. The first-order valence-electron chi connectivity index (χ1n) is 5.12. The molecule has 0 radical (unpaired) electrons. The van der Waals surface area contributed by atoms with E-state index in [1.807, 2.05) is 27.7 Å². The van der Waals surface area contributed by atoms with E-state index < -0.39 is 24.5 Å². The van der Waals surface area contributed by atoms with Gasteiger partial charge in [0, 0.05) is 12.8 Å². The summed E-state index contributed by atoms with van der Waals surface area (Å²) in [5.74, 6) is 0. The van der Waals surface area contributed by atoms with Crippen LogP contribution in [0.25, 0.3) is 0 Å². The van der Waals surface area contributed by atoms with E-state index in [9.17, 15) is 5.21 Å². The zero-order valence-corrected chi connectivity index (χ0v) is 10.7. The van der Waals surface area contributed by atoms with E-state index in [0.717, 1.165) is 19.3 Å². The molecular weight excluding hydrogens is 217 g/mol. The highest BCUT2D eigenvalue weighted by molar-refractivity contribution is 7.39. The topological polar surface area (TPSA) is 69.9 Å². The Morgan fingerprint density at radius 1 is 1.07 bits per heavy atom. The second-order valence-corrected chi connectivity index (χ2v) is 6.06. The Hall–Kier alpha value is 0.230. The monoisotopic (exact) mass is 238 g/mol. The Labute approximate surface area is 91.8 Å². The standard InChI is InChI=1S/C9H21NO4P/c1-8(2)6-5-7-9(3,4)10(8,11)14-15(12)13/h11-13H,5-7H2,1-4H3/q+1. The second-order valence-electron chi connectivity index (χ2n) is 5.39. The van der Waals surface area contributed by atoms with Gasteiger partial charge >= 0.3 is 8.60 Å². The van der Waals surface area contributed by atoms with Crippen molar-refractivity contribution in [3.63, 3.8) is 0 Å². The third-order valence-electron chi connectivity index (χ3n) is 3.41. The highest BCUT2D eigenvalue weighted by Crippen LogP contribution is 2.48. The van der Waals surface area contributed by atoms with E-state index >= 15 is 0 Å². The molecule has 0 amide bonds. The maximum atomic E-state index is 10.5. The average Bonchev–Trinajstić information content (AvgIpc) is 1.99. The third kappa shape index (κ3) is 2.18. The molecule has 0 aromatic rings. The van der Waals surface area contributed by atoms with Gasteiger partial charge in [-0.1, -0.05) is 4.62 Å². The van der Waals surface area contributed by atoms with Crippen LogP contribution in [0.5, 0.6) is 0 Å². The molecule has 1 heterocycles. The molecule has 6 heteroatoms. The fourth-order valence-electron chi connectivity index (χ4n) is 2.40. The van der Waals surface area contributed by atoms with Crippen LogP contribution in [0.2, 0.25) is 0 Å². The summed E-state index contributed by atoms with van der Waals surface area (Å²) in [5, 5.41) is 10.5. The van der Waals surface area contributed by atoms with Gasteiger partial charge in [-0.25, -0.2) is 0 Å². The number of hydrogen-bond acceptors (Lipinski definition) is 4. The molecule has 1 aliphatic rings. The predicted molar refractivity (Wildman–Crippen MR) is 56.5 cm³/mol. The summed E-state index contributed by atoms with van der Waals surface area (Å²) in [6, 6.07) is 0. The molecule has 15 heavy (non-hydrogen) atoms. The molecule has 1 saturated heterocycles. The molecule has 90 valence electrons. The van der Waals surface area contributed by atoms with Gasteiger partial charge in [0.2, 0.25) is 0 Å². The van der Waals surface area contributed by atoms with E-state index in [1.165, 1.54) is 0 Å². The first-order valence-corrected chi connectivity index (χ1v) is 6.28. The summed E-state index contributed by atoms with van der Waals surface area (Å²) in [7, 11) is -2.57. The number of rotatable bonds is 2. The largest absolute Gasteiger partial charge is 0.391 e. The average molecular weight is 238 g/mol. The molecular formula is C9H21NO4P+. The van der Waals surface area contributed by atoms with Gasteiger partial charge in [0.1, 0.15) is 0 Å². The van der Waals surface area contributed by atoms with Crippen LogP contribution in [0.15, 0.2) is 0 Å². The first-order chi connectivity index (χ1) is 6.62. The highest BCUT2D eigenvalue weighted by Gasteiger charge is 2.61. The third-order valence-corrected chi connectivity index (χ3v) is 3.79. The van der Waals surface area contributed by atoms with E-state index in [1.54, 1.807) is 0 Å². The fraction of sp³-hybridized carbons (Fsp3) is 1.00. The van der Waals surface area contributed by atoms with Crippen LogP contribution >= 0.6 is 8.60 Å². The Morgan fingerprint density at radius 2 is 1.47 bits per heavy atom. The van der Waals surface area contributed by atoms with Crippen LogP contribution in [-0.4, -0.2) is 30.9 Å². The van der Waals surface area contributed by atoms with Gasteiger partial charge in [-0.05, 0) is 38.9 Å². The SMILES string of the molecule is CC1(C)CCCC(C)(C)[N+]1(O)OP(O)O. The Morgan fingerprint density at radius 3 is 1.80 bits per heavy atom. The van der Waals surface area contributed by atoms with Gasteiger partial charge in [-0.3, -0.25) is 0 Å². The van der Waals surface area contributed by atoms with Gasteiger partial charge in [-0.15, -0.1) is 0 Å². The van der Waals surface area contributed by atoms with Crippen LogP contribution in [0, 0.1) is 0 Å². The zero-order chi connectivity index (χ0) is 11.9. The molecule has 5 nitrogen and oxygen atoms in total. The van der Waals surface area contributed by atoms with E-state index in [2.05, 4.69) is 0 Å². The number of piperidine rings is 1. The molecule has 0 aromatic carbocycles. The van der Waals surface area contributed by atoms with Crippen molar-refractivity contribution in [2.75, 3.05) is 0 Å². The van der Waals surface area contributed by atoms with Gasteiger partial charge in [0.25, 0.3) is 0 Å². The minimum Gasteiger partial charge on any atom is -0.324 e. The van der Waals surface area contributed by atoms with Crippen molar-refractivity contribution in [1.82, 2.24) is 0 Å². The predicted octanol–water partition coefficient (Wildman–Crippen LogP) is 2.08. The lowest BCUT2D eigenvalue weighted by Gasteiger charge is -2.52. The van der Waals surface area contributed by atoms with Crippen molar-refractivity contribution in [3.05, 3.63) is 0 Å². The molecule has 0 saturated carbocycles. The summed E-state index contributed by atoms with van der Waals surface area (Å²) in [4.78, 5) is 17.2. The molecule has 0 atom stereocenters. The minimum absolute atomic E-state index is 0.534. The van der Waals surface area contributed by atoms with Gasteiger partial charge in [0.05, 0.1) is 0 Å². The van der Waals surface area contributed by atoms with Crippen molar-refractivity contribution in [1.29, 1.82) is 0 Å². The normalized spacial score (nSPS) is 28.0. The van der Waals surface area contributed by atoms with Crippen LogP contribution in [0.4, 0.5) is 0 Å². The van der Waals surface area contributed by atoms with E-state index in [4.69, 9.17) is 14.4 Å². The Kier molecular flexibility index (Phi) is 3.47. The molecule has 1 fully saturated rings. The smallest absolute Gasteiger partial charge is 0.324 e. The Bertz CT molecular complexity index is 226. The molecule has 3 N–H and O–H groups in total. The summed E-state index contributed by atoms with van der Waals surface area (Å²) < 4.78 is 4.98.